The number of hydrogen-bond acceptors (Lipinski definition) is 4. The topological polar surface area (TPSA) is 68.3 Å². The minimum Gasteiger partial charge on any atom is -0.465 e. The summed E-state index contributed by atoms with van der Waals surface area (Å²) in [5, 5.41) is 2.83. The summed E-state index contributed by atoms with van der Waals surface area (Å²) in [4.78, 5) is 27.5. The van der Waals surface area contributed by atoms with Gasteiger partial charge in [0.25, 0.3) is 0 Å². The predicted octanol–water partition coefficient (Wildman–Crippen LogP) is 2.12. The average Bonchev–Trinajstić information content (AvgIpc) is 2.58. The molecule has 5 heteroatoms. The highest BCUT2D eigenvalue weighted by atomic mass is 16.5. The van der Waals surface area contributed by atoms with E-state index < -0.39 is 0 Å². The van der Waals surface area contributed by atoms with Gasteiger partial charge in [0.05, 0.1) is 12.7 Å². The molecule has 1 heterocycles. The number of aromatic nitrogens is 1. The number of pyridine rings is 1. The van der Waals surface area contributed by atoms with E-state index in [4.69, 9.17) is 0 Å². The molecule has 0 fully saturated rings. The molecule has 1 amide bonds. The van der Waals surface area contributed by atoms with Crippen LogP contribution in [0.15, 0.2) is 48.7 Å². The molecule has 0 unspecified atom stereocenters. The third kappa shape index (κ3) is 4.70. The van der Waals surface area contributed by atoms with Crippen LogP contribution in [0.1, 0.15) is 28.0 Å². The molecule has 2 rings (SSSR count). The fourth-order valence-electron chi connectivity index (χ4n) is 2.00. The number of amides is 1. The first-order valence-corrected chi connectivity index (χ1v) is 7.03. The molecule has 5 nitrogen and oxygen atoms in total. The number of ether oxygens (including phenoxy) is 1. The van der Waals surface area contributed by atoms with Gasteiger partial charge in [-0.05, 0) is 36.2 Å². The lowest BCUT2D eigenvalue weighted by atomic mass is 10.1. The third-order valence-electron chi connectivity index (χ3n) is 3.17. The Morgan fingerprint density at radius 2 is 2.05 bits per heavy atom. The Bertz CT molecular complexity index is 641. The van der Waals surface area contributed by atoms with Crippen molar-refractivity contribution >= 4 is 11.9 Å². The minimum absolute atomic E-state index is 0.0471. The summed E-state index contributed by atoms with van der Waals surface area (Å²) in [6.07, 6.45) is 2.70. The zero-order valence-corrected chi connectivity index (χ0v) is 12.4. The van der Waals surface area contributed by atoms with Crippen LogP contribution in [0.2, 0.25) is 0 Å². The SMILES string of the molecule is COC(=O)c1cccc(CNC(=O)CCc2ccccn2)c1. The number of aryl methyl sites for hydroxylation is 1. The minimum atomic E-state index is -0.386. The third-order valence-corrected chi connectivity index (χ3v) is 3.17. The highest BCUT2D eigenvalue weighted by Gasteiger charge is 2.07. The standard InChI is InChI=1S/C17H18N2O3/c1-22-17(21)14-6-4-5-13(11-14)12-19-16(20)9-8-15-7-2-3-10-18-15/h2-7,10-11H,8-9,12H2,1H3,(H,19,20). The molecule has 0 saturated heterocycles. The van der Waals surface area contributed by atoms with Gasteiger partial charge >= 0.3 is 5.97 Å². The van der Waals surface area contributed by atoms with E-state index in [1.54, 1.807) is 24.4 Å². The van der Waals surface area contributed by atoms with Crippen LogP contribution in [-0.4, -0.2) is 24.0 Å². The second-order valence-corrected chi connectivity index (χ2v) is 4.79. The number of nitrogens with one attached hydrogen (secondary N) is 1. The molecule has 0 atom stereocenters. The smallest absolute Gasteiger partial charge is 0.337 e. The summed E-state index contributed by atoms with van der Waals surface area (Å²) in [7, 11) is 1.34. The maximum atomic E-state index is 11.8. The van der Waals surface area contributed by atoms with Gasteiger partial charge in [0, 0.05) is 24.9 Å². The van der Waals surface area contributed by atoms with Crippen LogP contribution >= 0.6 is 0 Å². The molecule has 1 aromatic heterocycles. The second-order valence-electron chi connectivity index (χ2n) is 4.79. The van der Waals surface area contributed by atoms with E-state index in [-0.39, 0.29) is 11.9 Å². The van der Waals surface area contributed by atoms with Crippen molar-refractivity contribution in [2.45, 2.75) is 19.4 Å². The molecule has 0 bridgehead atoms. The van der Waals surface area contributed by atoms with Crippen molar-refractivity contribution in [2.75, 3.05) is 7.11 Å². The fraction of sp³-hybridized carbons (Fsp3) is 0.235. The molecule has 0 aliphatic rings. The maximum Gasteiger partial charge on any atom is 0.337 e. The molecule has 0 spiro atoms. The zero-order chi connectivity index (χ0) is 15.8. The van der Waals surface area contributed by atoms with E-state index in [9.17, 15) is 9.59 Å². The molecule has 1 aromatic carbocycles. The van der Waals surface area contributed by atoms with Gasteiger partial charge in [0.2, 0.25) is 5.91 Å². The molecular formula is C17H18N2O3. The summed E-state index contributed by atoms with van der Waals surface area (Å²) in [6, 6.07) is 12.7. The van der Waals surface area contributed by atoms with Crippen molar-refractivity contribution in [3.05, 3.63) is 65.5 Å². The highest BCUT2D eigenvalue weighted by Crippen LogP contribution is 2.07. The van der Waals surface area contributed by atoms with Gasteiger partial charge < -0.3 is 10.1 Å². The Kier molecular flexibility index (Phi) is 5.65. The summed E-state index contributed by atoms with van der Waals surface area (Å²) in [5.41, 5.74) is 2.22. The maximum absolute atomic E-state index is 11.8. The number of carbonyl (C=O) groups excluding carboxylic acids is 2. The van der Waals surface area contributed by atoms with Gasteiger partial charge in [-0.1, -0.05) is 18.2 Å². The van der Waals surface area contributed by atoms with Crippen molar-refractivity contribution in [1.82, 2.24) is 10.3 Å². The van der Waals surface area contributed by atoms with Gasteiger partial charge in [-0.15, -0.1) is 0 Å². The largest absolute Gasteiger partial charge is 0.465 e. The monoisotopic (exact) mass is 298 g/mol. The van der Waals surface area contributed by atoms with E-state index in [0.717, 1.165) is 11.3 Å². The van der Waals surface area contributed by atoms with E-state index in [0.29, 0.717) is 24.9 Å². The normalized spacial score (nSPS) is 10.0. The van der Waals surface area contributed by atoms with Gasteiger partial charge in [0.1, 0.15) is 0 Å². The van der Waals surface area contributed by atoms with Crippen molar-refractivity contribution in [2.24, 2.45) is 0 Å². The molecule has 0 radical (unpaired) electrons. The van der Waals surface area contributed by atoms with Crippen LogP contribution in [-0.2, 0) is 22.5 Å². The lowest BCUT2D eigenvalue weighted by Gasteiger charge is -2.07. The van der Waals surface area contributed by atoms with Gasteiger partial charge in [0.15, 0.2) is 0 Å². The first-order chi connectivity index (χ1) is 10.7. The van der Waals surface area contributed by atoms with Crippen molar-refractivity contribution in [3.63, 3.8) is 0 Å². The lowest BCUT2D eigenvalue weighted by Crippen LogP contribution is -2.23. The molecule has 1 N–H and O–H groups in total. The number of methoxy groups -OCH3 is 1. The number of hydrogen-bond donors (Lipinski definition) is 1. The number of nitrogens with zero attached hydrogens (tertiary/aromatic N) is 1. The first-order valence-electron chi connectivity index (χ1n) is 7.03. The summed E-state index contributed by atoms with van der Waals surface area (Å²) in [6.45, 7) is 0.381. The first kappa shape index (κ1) is 15.7. The van der Waals surface area contributed by atoms with Crippen molar-refractivity contribution < 1.29 is 14.3 Å². The van der Waals surface area contributed by atoms with Crippen LogP contribution in [0.25, 0.3) is 0 Å². The van der Waals surface area contributed by atoms with Gasteiger partial charge in [-0.3, -0.25) is 9.78 Å². The van der Waals surface area contributed by atoms with E-state index in [1.807, 2.05) is 24.3 Å². The van der Waals surface area contributed by atoms with Crippen LogP contribution in [0.4, 0.5) is 0 Å². The summed E-state index contributed by atoms with van der Waals surface area (Å²) in [5.74, 6) is -0.433. The summed E-state index contributed by atoms with van der Waals surface area (Å²) >= 11 is 0. The Morgan fingerprint density at radius 3 is 2.77 bits per heavy atom. The van der Waals surface area contributed by atoms with Crippen LogP contribution < -0.4 is 5.32 Å². The molecule has 2 aromatic rings. The Labute approximate surface area is 129 Å². The van der Waals surface area contributed by atoms with E-state index in [1.165, 1.54) is 7.11 Å². The Hall–Kier alpha value is -2.69. The molecular weight excluding hydrogens is 280 g/mol. The molecule has 114 valence electrons. The van der Waals surface area contributed by atoms with Crippen LogP contribution in [0.3, 0.4) is 0 Å². The number of esters is 1. The highest BCUT2D eigenvalue weighted by molar-refractivity contribution is 5.89. The molecule has 22 heavy (non-hydrogen) atoms. The lowest BCUT2D eigenvalue weighted by molar-refractivity contribution is -0.121. The fourth-order valence-corrected chi connectivity index (χ4v) is 2.00. The van der Waals surface area contributed by atoms with Crippen molar-refractivity contribution in [1.29, 1.82) is 0 Å². The second kappa shape index (κ2) is 7.93. The molecule has 0 aliphatic heterocycles. The Morgan fingerprint density at radius 1 is 1.18 bits per heavy atom. The van der Waals surface area contributed by atoms with Crippen molar-refractivity contribution in [3.8, 4) is 0 Å². The zero-order valence-electron chi connectivity index (χ0n) is 12.4. The number of carbonyl (C=O) groups is 2. The number of rotatable bonds is 6. The van der Waals surface area contributed by atoms with E-state index in [2.05, 4.69) is 15.0 Å². The molecule has 0 saturated carbocycles. The quantitative estimate of drug-likeness (QED) is 0.829. The predicted molar refractivity (Wildman–Crippen MR) is 82.2 cm³/mol. The van der Waals surface area contributed by atoms with Gasteiger partial charge in [-0.25, -0.2) is 4.79 Å². The average molecular weight is 298 g/mol. The summed E-state index contributed by atoms with van der Waals surface area (Å²) < 4.78 is 4.67. The Balaban J connectivity index is 1.82. The van der Waals surface area contributed by atoms with Crippen LogP contribution in [0.5, 0.6) is 0 Å². The van der Waals surface area contributed by atoms with Gasteiger partial charge in [-0.2, -0.15) is 0 Å². The van der Waals surface area contributed by atoms with Crippen LogP contribution in [0, 0.1) is 0 Å². The molecule has 0 aliphatic carbocycles. The van der Waals surface area contributed by atoms with E-state index >= 15 is 0 Å². The number of benzene rings is 1.